The zero-order valence-electron chi connectivity index (χ0n) is 22.3. The number of rotatable bonds is 9. The van der Waals surface area contributed by atoms with E-state index in [0.717, 1.165) is 11.1 Å². The molecule has 3 N–H and O–H groups in total. The fraction of sp³-hybridized carbons (Fsp3) is 0.133. The summed E-state index contributed by atoms with van der Waals surface area (Å²) < 4.78 is 14.9. The number of nitrogens with zero attached hydrogens (tertiary/aromatic N) is 4. The van der Waals surface area contributed by atoms with E-state index >= 15 is 0 Å². The predicted octanol–water partition coefficient (Wildman–Crippen LogP) is 3.66. The van der Waals surface area contributed by atoms with Gasteiger partial charge in [0.25, 0.3) is 5.56 Å². The van der Waals surface area contributed by atoms with E-state index < -0.39 is 17.4 Å². The molecule has 1 unspecified atom stereocenters. The van der Waals surface area contributed by atoms with Gasteiger partial charge in [0.1, 0.15) is 17.2 Å². The second-order valence-electron chi connectivity index (χ2n) is 9.38. The van der Waals surface area contributed by atoms with Crippen LogP contribution < -0.4 is 16.2 Å². The maximum Gasteiger partial charge on any atom is 0.275 e. The Kier molecular flexibility index (Phi) is 7.88. The molecule has 41 heavy (non-hydrogen) atoms. The quantitative estimate of drug-likeness (QED) is 0.238. The highest BCUT2D eigenvalue weighted by Gasteiger charge is 2.18. The van der Waals surface area contributed by atoms with Crippen LogP contribution in [0.4, 0.5) is 10.1 Å². The van der Waals surface area contributed by atoms with Gasteiger partial charge in [-0.2, -0.15) is 0 Å². The highest BCUT2D eigenvalue weighted by molar-refractivity contribution is 6.08. The van der Waals surface area contributed by atoms with E-state index in [1.807, 2.05) is 24.3 Å². The molecule has 0 aliphatic heterocycles. The lowest BCUT2D eigenvalue weighted by molar-refractivity contribution is -0.117. The number of likely N-dealkylation sites (N-methyl/N-ethyl adjacent to an activating group) is 1. The summed E-state index contributed by atoms with van der Waals surface area (Å²) >= 11 is 0. The lowest BCUT2D eigenvalue weighted by atomic mass is 10.0. The summed E-state index contributed by atoms with van der Waals surface area (Å²) in [4.78, 5) is 43.6. The van der Waals surface area contributed by atoms with Crippen LogP contribution in [-0.2, 0) is 11.3 Å². The molecule has 0 bridgehead atoms. The Morgan fingerprint density at radius 3 is 2.51 bits per heavy atom. The number of aromatic nitrogens is 5. The van der Waals surface area contributed by atoms with Crippen molar-refractivity contribution in [1.29, 1.82) is 0 Å². The van der Waals surface area contributed by atoms with Crippen molar-refractivity contribution in [2.45, 2.75) is 19.5 Å². The van der Waals surface area contributed by atoms with Crippen molar-refractivity contribution in [3.8, 4) is 22.5 Å². The Bertz CT molecular complexity index is 1770. The Morgan fingerprint density at radius 2 is 1.78 bits per heavy atom. The minimum absolute atomic E-state index is 0.0607. The Hall–Kier alpha value is -5.29. The highest BCUT2D eigenvalue weighted by atomic mass is 19.1. The van der Waals surface area contributed by atoms with Gasteiger partial charge in [0, 0.05) is 35.3 Å². The second kappa shape index (κ2) is 11.8. The molecule has 0 saturated carbocycles. The van der Waals surface area contributed by atoms with E-state index in [1.54, 1.807) is 44.6 Å². The fourth-order valence-corrected chi connectivity index (χ4v) is 4.28. The molecule has 0 fully saturated rings. The van der Waals surface area contributed by atoms with Gasteiger partial charge >= 0.3 is 0 Å². The molecule has 1 atom stereocenters. The molecule has 3 aromatic heterocycles. The number of halogens is 1. The molecule has 1 amide bonds. The maximum absolute atomic E-state index is 13.8. The summed E-state index contributed by atoms with van der Waals surface area (Å²) in [5, 5.41) is 16.1. The number of H-pyrrole nitrogens is 1. The number of nitrogens with one attached hydrogen (secondary N) is 3. The number of carbonyl (C=O) groups excluding carboxylic acids is 2. The largest absolute Gasteiger partial charge is 0.320 e. The third kappa shape index (κ3) is 5.99. The van der Waals surface area contributed by atoms with Gasteiger partial charge in [-0.05, 0) is 73.6 Å². The molecule has 0 aliphatic rings. The van der Waals surface area contributed by atoms with Crippen molar-refractivity contribution < 1.29 is 14.0 Å². The first-order chi connectivity index (χ1) is 19.8. The minimum Gasteiger partial charge on any atom is -0.320 e. The Labute approximate surface area is 234 Å². The summed E-state index contributed by atoms with van der Waals surface area (Å²) in [6.45, 7) is 1.75. The molecule has 0 aliphatic carbocycles. The number of pyridine rings is 2. The topological polar surface area (TPSA) is 135 Å². The van der Waals surface area contributed by atoms with Gasteiger partial charge in [0.2, 0.25) is 5.91 Å². The zero-order valence-corrected chi connectivity index (χ0v) is 22.3. The molecule has 5 rings (SSSR count). The van der Waals surface area contributed by atoms with Gasteiger partial charge in [-0.1, -0.05) is 23.4 Å². The minimum atomic E-state index is -0.514. The van der Waals surface area contributed by atoms with Crippen molar-refractivity contribution in [3.63, 3.8) is 0 Å². The van der Waals surface area contributed by atoms with E-state index in [9.17, 15) is 18.8 Å². The number of amides is 1. The van der Waals surface area contributed by atoms with Crippen LogP contribution in [0.15, 0.2) is 90.1 Å². The predicted molar refractivity (Wildman–Crippen MR) is 152 cm³/mol. The van der Waals surface area contributed by atoms with Gasteiger partial charge in [0.15, 0.2) is 5.78 Å². The van der Waals surface area contributed by atoms with Gasteiger partial charge in [-0.25, -0.2) is 4.39 Å². The molecule has 11 heteroatoms. The number of hydrogen-bond acceptors (Lipinski definition) is 7. The molecular formula is C30H26FN7O3. The zero-order chi connectivity index (χ0) is 28.9. The van der Waals surface area contributed by atoms with Crippen LogP contribution in [0.3, 0.4) is 0 Å². The van der Waals surface area contributed by atoms with Crippen LogP contribution in [0.2, 0.25) is 0 Å². The van der Waals surface area contributed by atoms with Crippen LogP contribution in [0.25, 0.3) is 22.5 Å². The molecule has 0 saturated heterocycles. The summed E-state index contributed by atoms with van der Waals surface area (Å²) in [5.41, 5.74) is 3.62. The number of hydrogen-bond donors (Lipinski definition) is 3. The van der Waals surface area contributed by atoms with Crippen LogP contribution in [-0.4, -0.2) is 49.7 Å². The highest BCUT2D eigenvalue weighted by Crippen LogP contribution is 2.26. The lowest BCUT2D eigenvalue weighted by Crippen LogP contribution is -2.37. The molecule has 2 aromatic carbocycles. The third-order valence-corrected chi connectivity index (χ3v) is 6.63. The van der Waals surface area contributed by atoms with E-state index in [2.05, 4.69) is 31.0 Å². The van der Waals surface area contributed by atoms with Crippen molar-refractivity contribution in [2.24, 2.45) is 0 Å². The van der Waals surface area contributed by atoms with Crippen LogP contribution in [0.5, 0.6) is 0 Å². The van der Waals surface area contributed by atoms with Crippen molar-refractivity contribution in [3.05, 3.63) is 118 Å². The van der Waals surface area contributed by atoms with Crippen molar-refractivity contribution >= 4 is 17.4 Å². The summed E-state index contributed by atoms with van der Waals surface area (Å²) in [7, 11) is 1.65. The lowest BCUT2D eigenvalue weighted by Gasteiger charge is -2.17. The SMILES string of the molecule is CNC(C)C(=O)Nc1ccc(-c2cccc(-c3c[nH]nn3)c2)n(Cc2cncc(C(=O)c3ccc(F)cc3)c2)c1=O. The molecule has 0 spiro atoms. The molecule has 3 heterocycles. The third-order valence-electron chi connectivity index (χ3n) is 6.63. The standard InChI is InChI=1S/C30H26FN7O3/c1-18(32-2)29(40)35-25-10-11-27(22-5-3-4-21(13-22)26-16-34-37-36-26)38(30(25)41)17-19-12-23(15-33-14-19)28(39)20-6-8-24(31)9-7-20/h3-16,18,32H,17H2,1-2H3,(H,35,40)(H,34,36,37). The first kappa shape index (κ1) is 27.3. The average Bonchev–Trinajstić information content (AvgIpc) is 3.54. The molecule has 206 valence electrons. The summed E-state index contributed by atoms with van der Waals surface area (Å²) in [6.07, 6.45) is 4.66. The number of benzene rings is 2. The van der Waals surface area contributed by atoms with Crippen LogP contribution in [0.1, 0.15) is 28.4 Å². The van der Waals surface area contributed by atoms with Gasteiger partial charge in [-0.3, -0.25) is 24.5 Å². The smallest absolute Gasteiger partial charge is 0.275 e. The van der Waals surface area contributed by atoms with E-state index in [0.29, 0.717) is 28.1 Å². The average molecular weight is 552 g/mol. The van der Waals surface area contributed by atoms with Gasteiger partial charge < -0.3 is 15.2 Å². The van der Waals surface area contributed by atoms with Crippen molar-refractivity contribution in [2.75, 3.05) is 12.4 Å². The Balaban J connectivity index is 1.56. The second-order valence-corrected chi connectivity index (χ2v) is 9.38. The number of aromatic amines is 1. The number of ketones is 1. The summed E-state index contributed by atoms with van der Waals surface area (Å²) in [6, 6.07) is 17.2. The molecular weight excluding hydrogens is 525 g/mol. The monoisotopic (exact) mass is 551 g/mol. The number of carbonyl (C=O) groups is 2. The van der Waals surface area contributed by atoms with Gasteiger partial charge in [0.05, 0.1) is 18.3 Å². The first-order valence-electron chi connectivity index (χ1n) is 12.8. The van der Waals surface area contributed by atoms with Crippen LogP contribution >= 0.6 is 0 Å². The van der Waals surface area contributed by atoms with Gasteiger partial charge in [-0.15, -0.1) is 5.10 Å². The molecule has 10 nitrogen and oxygen atoms in total. The Morgan fingerprint density at radius 1 is 1.00 bits per heavy atom. The normalized spacial score (nSPS) is 11.7. The van der Waals surface area contributed by atoms with Crippen molar-refractivity contribution in [1.82, 2.24) is 30.3 Å². The van der Waals surface area contributed by atoms with E-state index in [4.69, 9.17) is 0 Å². The van der Waals surface area contributed by atoms with E-state index in [-0.39, 0.29) is 23.9 Å². The molecule has 5 aromatic rings. The molecule has 0 radical (unpaired) electrons. The van der Waals surface area contributed by atoms with Crippen LogP contribution in [0, 0.1) is 5.82 Å². The fourth-order valence-electron chi connectivity index (χ4n) is 4.28. The first-order valence-corrected chi connectivity index (χ1v) is 12.8. The van der Waals surface area contributed by atoms with E-state index in [1.165, 1.54) is 35.0 Å². The summed E-state index contributed by atoms with van der Waals surface area (Å²) in [5.74, 6) is -1.12. The number of anilines is 1. The maximum atomic E-state index is 13.8.